The van der Waals surface area contributed by atoms with Gasteiger partial charge in [-0.25, -0.2) is 13.1 Å². The number of hydrogen-bond acceptors (Lipinski definition) is 6. The number of hydrogen-bond donors (Lipinski definition) is 0. The Morgan fingerprint density at radius 3 is 2.68 bits per heavy atom. The van der Waals surface area contributed by atoms with Crippen molar-refractivity contribution in [3.05, 3.63) is 71.3 Å². The second-order valence-corrected chi connectivity index (χ2v) is 13.3. The predicted molar refractivity (Wildman–Crippen MR) is 156 cm³/mol. The summed E-state index contributed by atoms with van der Waals surface area (Å²) in [6, 6.07) is 16.6. The Hall–Kier alpha value is -2.79. The van der Waals surface area contributed by atoms with Crippen LogP contribution in [0.1, 0.15) is 38.7 Å². The lowest BCUT2D eigenvalue weighted by Gasteiger charge is -2.30. The van der Waals surface area contributed by atoms with E-state index in [1.54, 1.807) is 32.1 Å². The van der Waals surface area contributed by atoms with Gasteiger partial charge >= 0.3 is 0 Å². The van der Waals surface area contributed by atoms with E-state index in [9.17, 15) is 13.2 Å². The molecule has 2 fully saturated rings. The van der Waals surface area contributed by atoms with Crippen LogP contribution in [-0.2, 0) is 14.8 Å². The van der Waals surface area contributed by atoms with Gasteiger partial charge in [-0.2, -0.15) is 9.40 Å². The fraction of sp³-hybridized carbons (Fsp3) is 0.321. The normalized spacial score (nSPS) is 20.0. The first-order valence-electron chi connectivity index (χ1n) is 12.8. The minimum atomic E-state index is -3.63. The summed E-state index contributed by atoms with van der Waals surface area (Å²) in [5, 5.41) is 4.84. The molecule has 0 radical (unpaired) electrons. The average Bonchev–Trinajstić information content (AvgIpc) is 3.46. The topological polar surface area (TPSA) is 75.5 Å². The number of nitrogens with zero attached hydrogens (tertiary/aromatic N) is 4. The number of thiocarbonyl (C=S) groups is 1. The van der Waals surface area contributed by atoms with Crippen molar-refractivity contribution in [3.63, 3.8) is 0 Å². The van der Waals surface area contributed by atoms with Gasteiger partial charge in [0.05, 0.1) is 15.5 Å². The van der Waals surface area contributed by atoms with Gasteiger partial charge in [0, 0.05) is 37.0 Å². The molecule has 1 unspecified atom stereocenters. The van der Waals surface area contributed by atoms with Crippen LogP contribution in [0.25, 0.3) is 23.0 Å². The van der Waals surface area contributed by atoms with Crippen LogP contribution in [-0.4, -0.2) is 57.3 Å². The van der Waals surface area contributed by atoms with E-state index in [1.807, 2.05) is 55.6 Å². The number of thioether (sulfide) groups is 1. The van der Waals surface area contributed by atoms with Gasteiger partial charge in [0.15, 0.2) is 0 Å². The van der Waals surface area contributed by atoms with Crippen molar-refractivity contribution in [1.29, 1.82) is 0 Å². The molecule has 198 valence electrons. The standard InChI is InChI=1S/C28H30N4O3S3/c1-3-14-31-27(33)25(37-28(31)36)17-22-19-32(23-11-5-4-6-12-23)29-26(22)21-10-7-13-24(16-21)38(34,35)30-15-8-9-20(2)18-30/h4-7,10-13,16-17,19-20H,3,8-9,14-15,18H2,1-2H3/b25-17-. The van der Waals surface area contributed by atoms with Gasteiger partial charge in [0.1, 0.15) is 10.0 Å². The summed E-state index contributed by atoms with van der Waals surface area (Å²) in [5.41, 5.74) is 2.84. The zero-order valence-electron chi connectivity index (χ0n) is 21.4. The highest BCUT2D eigenvalue weighted by Crippen LogP contribution is 2.35. The minimum absolute atomic E-state index is 0.115. The third-order valence-corrected chi connectivity index (χ3v) is 9.97. The quantitative estimate of drug-likeness (QED) is 0.275. The molecule has 2 aromatic carbocycles. The SMILES string of the molecule is CCCN1C(=O)/C(=C/c2cn(-c3ccccc3)nc2-c2cccc(S(=O)(=O)N3CCCC(C)C3)c2)SC1=S. The molecule has 5 rings (SSSR count). The number of amides is 1. The molecule has 1 atom stereocenters. The molecule has 2 aliphatic heterocycles. The number of para-hydroxylation sites is 1. The fourth-order valence-corrected chi connectivity index (χ4v) is 7.75. The molecule has 2 saturated heterocycles. The Morgan fingerprint density at radius 2 is 1.95 bits per heavy atom. The van der Waals surface area contributed by atoms with Gasteiger partial charge in [-0.15, -0.1) is 0 Å². The summed E-state index contributed by atoms with van der Waals surface area (Å²) in [6.45, 7) is 5.73. The van der Waals surface area contributed by atoms with Crippen LogP contribution in [0.15, 0.2) is 70.6 Å². The van der Waals surface area contributed by atoms with E-state index in [0.717, 1.165) is 24.9 Å². The molecule has 0 spiro atoms. The number of piperidine rings is 1. The first-order valence-corrected chi connectivity index (χ1v) is 15.5. The Balaban J connectivity index is 1.58. The molecule has 2 aliphatic rings. The maximum Gasteiger partial charge on any atom is 0.266 e. The summed E-state index contributed by atoms with van der Waals surface area (Å²) < 4.78 is 30.9. The maximum atomic E-state index is 13.5. The first kappa shape index (κ1) is 26.8. The molecular weight excluding hydrogens is 537 g/mol. The van der Waals surface area contributed by atoms with E-state index in [-0.39, 0.29) is 10.8 Å². The molecule has 10 heteroatoms. The van der Waals surface area contributed by atoms with Gasteiger partial charge in [-0.05, 0) is 55.5 Å². The van der Waals surface area contributed by atoms with Gasteiger partial charge in [-0.3, -0.25) is 9.69 Å². The van der Waals surface area contributed by atoms with Crippen molar-refractivity contribution in [1.82, 2.24) is 19.0 Å². The van der Waals surface area contributed by atoms with Crippen LogP contribution in [0.5, 0.6) is 0 Å². The lowest BCUT2D eigenvalue weighted by molar-refractivity contribution is -0.122. The summed E-state index contributed by atoms with van der Waals surface area (Å²) in [5.74, 6) is 0.220. The van der Waals surface area contributed by atoms with Crippen LogP contribution in [0, 0.1) is 5.92 Å². The van der Waals surface area contributed by atoms with Crippen LogP contribution in [0.3, 0.4) is 0 Å². The molecule has 0 aliphatic carbocycles. The van der Waals surface area contributed by atoms with Crippen molar-refractivity contribution < 1.29 is 13.2 Å². The van der Waals surface area contributed by atoms with Crippen LogP contribution in [0.4, 0.5) is 0 Å². The van der Waals surface area contributed by atoms with Gasteiger partial charge in [-0.1, -0.05) is 68.2 Å². The molecule has 3 heterocycles. The molecule has 0 bridgehead atoms. The average molecular weight is 567 g/mol. The van der Waals surface area contributed by atoms with Crippen LogP contribution >= 0.6 is 24.0 Å². The van der Waals surface area contributed by atoms with E-state index in [1.165, 1.54) is 11.8 Å². The Labute approximate surface area is 233 Å². The molecular formula is C28H30N4O3S3. The summed E-state index contributed by atoms with van der Waals surface area (Å²) in [6.07, 6.45) is 6.39. The second kappa shape index (κ2) is 11.1. The van der Waals surface area contributed by atoms with Crippen molar-refractivity contribution in [2.24, 2.45) is 5.92 Å². The third kappa shape index (κ3) is 5.36. The number of rotatable bonds is 7. The fourth-order valence-electron chi connectivity index (χ4n) is 4.81. The van der Waals surface area contributed by atoms with E-state index in [0.29, 0.717) is 51.6 Å². The summed E-state index contributed by atoms with van der Waals surface area (Å²) >= 11 is 6.73. The van der Waals surface area contributed by atoms with Crippen molar-refractivity contribution in [3.8, 4) is 16.9 Å². The first-order chi connectivity index (χ1) is 18.3. The molecule has 3 aromatic rings. The highest BCUT2D eigenvalue weighted by molar-refractivity contribution is 8.26. The van der Waals surface area contributed by atoms with E-state index in [2.05, 4.69) is 6.92 Å². The second-order valence-electron chi connectivity index (χ2n) is 9.68. The Morgan fingerprint density at radius 1 is 1.16 bits per heavy atom. The Kier molecular flexibility index (Phi) is 7.85. The predicted octanol–water partition coefficient (Wildman–Crippen LogP) is 5.57. The van der Waals surface area contributed by atoms with Gasteiger partial charge < -0.3 is 0 Å². The zero-order valence-corrected chi connectivity index (χ0v) is 23.9. The number of carbonyl (C=O) groups excluding carboxylic acids is 1. The zero-order chi connectivity index (χ0) is 26.9. The molecule has 0 saturated carbocycles. The largest absolute Gasteiger partial charge is 0.293 e. The van der Waals surface area contributed by atoms with Gasteiger partial charge in [0.2, 0.25) is 10.0 Å². The van der Waals surface area contributed by atoms with E-state index < -0.39 is 10.0 Å². The number of benzene rings is 2. The third-order valence-electron chi connectivity index (χ3n) is 6.74. The Bertz CT molecular complexity index is 1500. The van der Waals surface area contributed by atoms with E-state index in [4.69, 9.17) is 17.3 Å². The van der Waals surface area contributed by atoms with Crippen LogP contribution in [0.2, 0.25) is 0 Å². The maximum absolute atomic E-state index is 13.5. The monoisotopic (exact) mass is 566 g/mol. The lowest BCUT2D eigenvalue weighted by atomic mass is 10.0. The van der Waals surface area contributed by atoms with Gasteiger partial charge in [0.25, 0.3) is 5.91 Å². The van der Waals surface area contributed by atoms with Crippen molar-refractivity contribution in [2.45, 2.75) is 38.0 Å². The highest BCUT2D eigenvalue weighted by atomic mass is 32.2. The number of carbonyl (C=O) groups is 1. The number of aromatic nitrogens is 2. The number of sulfonamides is 1. The van der Waals surface area contributed by atoms with Crippen LogP contribution < -0.4 is 0 Å². The summed E-state index contributed by atoms with van der Waals surface area (Å²) in [4.78, 5) is 15.5. The van der Waals surface area contributed by atoms with E-state index >= 15 is 0 Å². The molecule has 7 nitrogen and oxygen atoms in total. The molecule has 1 amide bonds. The van der Waals surface area contributed by atoms with Crippen molar-refractivity contribution >= 4 is 50.3 Å². The molecule has 38 heavy (non-hydrogen) atoms. The molecule has 0 N–H and O–H groups in total. The molecule has 1 aromatic heterocycles. The summed E-state index contributed by atoms with van der Waals surface area (Å²) in [7, 11) is -3.63. The smallest absolute Gasteiger partial charge is 0.266 e. The minimum Gasteiger partial charge on any atom is -0.293 e. The highest BCUT2D eigenvalue weighted by Gasteiger charge is 2.32. The van der Waals surface area contributed by atoms with Crippen molar-refractivity contribution in [2.75, 3.05) is 19.6 Å². The lowest BCUT2D eigenvalue weighted by Crippen LogP contribution is -2.39.